The van der Waals surface area contributed by atoms with Crippen molar-refractivity contribution >= 4 is 11.6 Å². The van der Waals surface area contributed by atoms with E-state index < -0.39 is 11.4 Å². The van der Waals surface area contributed by atoms with Crippen molar-refractivity contribution in [3.63, 3.8) is 0 Å². The predicted molar refractivity (Wildman–Crippen MR) is 61.1 cm³/mol. The Labute approximate surface area is 101 Å². The monoisotopic (exact) mass is 254 g/mol. The number of ether oxygens (including phenoxy) is 1. The van der Waals surface area contributed by atoms with Crippen LogP contribution >= 0.6 is 11.6 Å². The molecule has 0 saturated carbocycles. The van der Waals surface area contributed by atoms with E-state index in [0.717, 1.165) is 6.33 Å². The molecule has 88 valence electrons. The minimum Gasteiger partial charge on any atom is -0.437 e. The van der Waals surface area contributed by atoms with Crippen LogP contribution in [0.4, 0.5) is 4.39 Å². The second-order valence-corrected chi connectivity index (χ2v) is 3.74. The summed E-state index contributed by atoms with van der Waals surface area (Å²) >= 11 is 5.71. The van der Waals surface area contributed by atoms with Crippen LogP contribution in [-0.2, 0) is 0 Å². The highest BCUT2D eigenvalue weighted by molar-refractivity contribution is 6.31. The van der Waals surface area contributed by atoms with Crippen molar-refractivity contribution in [2.75, 3.05) is 0 Å². The van der Waals surface area contributed by atoms with Crippen molar-refractivity contribution in [1.82, 2.24) is 9.97 Å². The molecule has 0 fully saturated rings. The maximum atomic E-state index is 13.0. The summed E-state index contributed by atoms with van der Waals surface area (Å²) in [5, 5.41) is -0.170. The van der Waals surface area contributed by atoms with Gasteiger partial charge in [-0.15, -0.1) is 0 Å². The second-order valence-electron chi connectivity index (χ2n) is 3.36. The highest BCUT2D eigenvalue weighted by Crippen LogP contribution is 2.27. The summed E-state index contributed by atoms with van der Waals surface area (Å²) in [5.41, 5.74) is 0.204. The molecule has 0 amide bonds. The molecular weight excluding hydrogens is 247 g/mol. The first-order chi connectivity index (χ1) is 8.08. The minimum absolute atomic E-state index is 0.0517. The zero-order valence-electron chi connectivity index (χ0n) is 8.83. The number of H-pyrrole nitrogens is 1. The molecule has 6 heteroatoms. The smallest absolute Gasteiger partial charge is 0.273 e. The highest BCUT2D eigenvalue weighted by Gasteiger charge is 2.10. The summed E-state index contributed by atoms with van der Waals surface area (Å²) in [6.45, 7) is 1.75. The molecule has 0 radical (unpaired) electrons. The van der Waals surface area contributed by atoms with Gasteiger partial charge in [-0.2, -0.15) is 0 Å². The predicted octanol–water partition coefficient (Wildman–Crippen LogP) is 2.66. The van der Waals surface area contributed by atoms with Crippen molar-refractivity contribution < 1.29 is 9.13 Å². The number of rotatable bonds is 2. The van der Waals surface area contributed by atoms with Gasteiger partial charge in [-0.3, -0.25) is 4.79 Å². The van der Waals surface area contributed by atoms with Crippen molar-refractivity contribution in [2.45, 2.75) is 6.92 Å². The first-order valence-electron chi connectivity index (χ1n) is 4.75. The van der Waals surface area contributed by atoms with Crippen molar-refractivity contribution in [2.24, 2.45) is 0 Å². The molecule has 0 atom stereocenters. The largest absolute Gasteiger partial charge is 0.437 e. The lowest BCUT2D eigenvalue weighted by Crippen LogP contribution is -2.08. The minimum atomic E-state index is -0.509. The van der Waals surface area contributed by atoms with Gasteiger partial charge in [-0.05, 0) is 18.6 Å². The molecule has 2 aromatic rings. The molecule has 0 aliphatic carbocycles. The lowest BCUT2D eigenvalue weighted by atomic mass is 10.2. The summed E-state index contributed by atoms with van der Waals surface area (Å²) in [6, 6.07) is 4.08. The average Bonchev–Trinajstić information content (AvgIpc) is 2.30. The molecule has 1 aromatic heterocycles. The third-order valence-electron chi connectivity index (χ3n) is 2.12. The average molecular weight is 255 g/mol. The van der Waals surface area contributed by atoms with Gasteiger partial charge >= 0.3 is 0 Å². The molecule has 0 spiro atoms. The lowest BCUT2D eigenvalue weighted by molar-refractivity contribution is 0.452. The molecule has 0 saturated heterocycles. The number of nitrogens with one attached hydrogen (secondary N) is 1. The van der Waals surface area contributed by atoms with Crippen molar-refractivity contribution in [3.05, 3.63) is 51.3 Å². The van der Waals surface area contributed by atoms with Gasteiger partial charge in [0.05, 0.1) is 6.33 Å². The van der Waals surface area contributed by atoms with Crippen LogP contribution < -0.4 is 10.3 Å². The van der Waals surface area contributed by atoms with Crippen LogP contribution in [0.5, 0.6) is 11.6 Å². The highest BCUT2D eigenvalue weighted by atomic mass is 35.5. The molecule has 0 bridgehead atoms. The van der Waals surface area contributed by atoms with E-state index in [1.54, 1.807) is 13.0 Å². The Bertz CT molecular complexity index is 613. The number of halogens is 2. The van der Waals surface area contributed by atoms with Gasteiger partial charge in [0.1, 0.15) is 11.6 Å². The third-order valence-corrected chi connectivity index (χ3v) is 2.45. The normalized spacial score (nSPS) is 10.3. The van der Waals surface area contributed by atoms with Gasteiger partial charge in [0.25, 0.3) is 5.56 Å². The van der Waals surface area contributed by atoms with Gasteiger partial charge in [0.15, 0.2) is 5.02 Å². The molecule has 1 heterocycles. The molecular formula is C11H8ClFN2O2. The summed E-state index contributed by atoms with van der Waals surface area (Å²) in [7, 11) is 0. The Kier molecular flexibility index (Phi) is 3.10. The molecule has 17 heavy (non-hydrogen) atoms. The van der Waals surface area contributed by atoms with E-state index in [4.69, 9.17) is 16.3 Å². The van der Waals surface area contributed by atoms with Crippen LogP contribution in [0.3, 0.4) is 0 Å². The Morgan fingerprint density at radius 2 is 2.24 bits per heavy atom. The van der Waals surface area contributed by atoms with E-state index in [0.29, 0.717) is 5.56 Å². The molecule has 0 aliphatic heterocycles. The van der Waals surface area contributed by atoms with Gasteiger partial charge in [-0.1, -0.05) is 17.7 Å². The zero-order valence-corrected chi connectivity index (χ0v) is 9.58. The summed E-state index contributed by atoms with van der Waals surface area (Å²) < 4.78 is 18.3. The van der Waals surface area contributed by atoms with E-state index in [1.165, 1.54) is 12.1 Å². The van der Waals surface area contributed by atoms with Crippen LogP contribution in [0.2, 0.25) is 5.02 Å². The fraction of sp³-hybridized carbons (Fsp3) is 0.0909. The van der Waals surface area contributed by atoms with Crippen LogP contribution in [0, 0.1) is 12.7 Å². The topological polar surface area (TPSA) is 55.0 Å². The van der Waals surface area contributed by atoms with Gasteiger partial charge in [-0.25, -0.2) is 9.37 Å². The van der Waals surface area contributed by atoms with Crippen LogP contribution in [-0.4, -0.2) is 9.97 Å². The van der Waals surface area contributed by atoms with Crippen LogP contribution in [0.1, 0.15) is 5.56 Å². The second kappa shape index (κ2) is 4.55. The Morgan fingerprint density at radius 1 is 1.47 bits per heavy atom. The number of hydrogen-bond acceptors (Lipinski definition) is 3. The number of nitrogens with zero attached hydrogens (tertiary/aromatic N) is 1. The van der Waals surface area contributed by atoms with E-state index in [9.17, 15) is 9.18 Å². The Hall–Kier alpha value is -1.88. The van der Waals surface area contributed by atoms with Crippen molar-refractivity contribution in [1.29, 1.82) is 0 Å². The first kappa shape index (κ1) is 11.6. The number of hydrogen-bond donors (Lipinski definition) is 1. The maximum absolute atomic E-state index is 13.0. The van der Waals surface area contributed by atoms with Crippen LogP contribution in [0.25, 0.3) is 0 Å². The first-order valence-corrected chi connectivity index (χ1v) is 5.13. The SMILES string of the molecule is Cc1ccc(F)cc1Oc1nc[nH]c(=O)c1Cl. The Morgan fingerprint density at radius 3 is 3.00 bits per heavy atom. The summed E-state index contributed by atoms with van der Waals surface area (Å²) in [6.07, 6.45) is 1.16. The fourth-order valence-corrected chi connectivity index (χ4v) is 1.37. The van der Waals surface area contributed by atoms with E-state index >= 15 is 0 Å². The van der Waals surface area contributed by atoms with Gasteiger partial charge in [0, 0.05) is 6.07 Å². The van der Waals surface area contributed by atoms with E-state index in [1.807, 2.05) is 0 Å². The quantitative estimate of drug-likeness (QED) is 0.896. The van der Waals surface area contributed by atoms with Gasteiger partial charge < -0.3 is 9.72 Å². The lowest BCUT2D eigenvalue weighted by Gasteiger charge is -2.08. The maximum Gasteiger partial charge on any atom is 0.273 e. The van der Waals surface area contributed by atoms with Crippen LogP contribution in [0.15, 0.2) is 29.3 Å². The zero-order chi connectivity index (χ0) is 12.4. The van der Waals surface area contributed by atoms with E-state index in [-0.39, 0.29) is 16.7 Å². The fourth-order valence-electron chi connectivity index (χ4n) is 1.23. The molecule has 0 aliphatic rings. The number of aromatic nitrogens is 2. The molecule has 0 unspecified atom stereocenters. The summed E-state index contributed by atoms with van der Waals surface area (Å²) in [5.74, 6) is -0.222. The number of aromatic amines is 1. The van der Waals surface area contributed by atoms with E-state index in [2.05, 4.69) is 9.97 Å². The molecule has 1 aromatic carbocycles. The molecule has 2 rings (SSSR count). The molecule has 4 nitrogen and oxygen atoms in total. The van der Waals surface area contributed by atoms with Crippen molar-refractivity contribution in [3.8, 4) is 11.6 Å². The molecule has 1 N–H and O–H groups in total. The standard InChI is InChI=1S/C11H8ClFN2O2/c1-6-2-3-7(13)4-8(6)17-11-9(12)10(16)14-5-15-11/h2-5H,1H3,(H,14,15,16). The Balaban J connectivity index is 2.41. The third kappa shape index (κ3) is 2.45. The summed E-state index contributed by atoms with van der Waals surface area (Å²) in [4.78, 5) is 17.3. The number of aryl methyl sites for hydroxylation is 1. The van der Waals surface area contributed by atoms with Gasteiger partial charge in [0.2, 0.25) is 5.88 Å². The number of benzene rings is 1.